The van der Waals surface area contributed by atoms with E-state index >= 15 is 0 Å². The molecule has 1 atom stereocenters. The number of hydrogen-bond acceptors (Lipinski definition) is 6. The first-order chi connectivity index (χ1) is 9.08. The summed E-state index contributed by atoms with van der Waals surface area (Å²) in [6.07, 6.45) is 1.73. The van der Waals surface area contributed by atoms with Crippen LogP contribution < -0.4 is 10.6 Å². The highest BCUT2D eigenvalue weighted by atomic mass is 32.1. The van der Waals surface area contributed by atoms with Crippen molar-refractivity contribution >= 4 is 22.4 Å². The van der Waals surface area contributed by atoms with Gasteiger partial charge in [0.2, 0.25) is 0 Å². The molecule has 0 amide bonds. The molecule has 2 aromatic rings. The van der Waals surface area contributed by atoms with Crippen molar-refractivity contribution in [2.75, 3.05) is 11.9 Å². The van der Waals surface area contributed by atoms with E-state index in [9.17, 15) is 4.79 Å². The second-order valence-corrected chi connectivity index (χ2v) is 4.88. The maximum absolute atomic E-state index is 10.8. The van der Waals surface area contributed by atoms with Gasteiger partial charge in [-0.2, -0.15) is 0 Å². The molecule has 6 nitrogen and oxygen atoms in total. The average Bonchev–Trinajstić information content (AvgIpc) is 2.88. The molecule has 3 N–H and O–H groups in total. The van der Waals surface area contributed by atoms with E-state index in [0.717, 1.165) is 10.8 Å². The van der Waals surface area contributed by atoms with Crippen LogP contribution in [0.2, 0.25) is 0 Å². The van der Waals surface area contributed by atoms with Gasteiger partial charge >= 0.3 is 5.97 Å². The van der Waals surface area contributed by atoms with E-state index < -0.39 is 12.0 Å². The summed E-state index contributed by atoms with van der Waals surface area (Å²) in [6, 6.07) is 4.63. The summed E-state index contributed by atoms with van der Waals surface area (Å²) in [6.45, 7) is 0.607. The Labute approximate surface area is 114 Å². The topological polar surface area (TPSA) is 92.3 Å². The second kappa shape index (κ2) is 5.77. The van der Waals surface area contributed by atoms with E-state index in [1.54, 1.807) is 11.6 Å². The Hall–Kier alpha value is -1.99. The number of carbonyl (C=O) groups is 1. The van der Waals surface area contributed by atoms with Gasteiger partial charge in [-0.25, -0.2) is 4.98 Å². The fourth-order valence-corrected chi connectivity index (χ4v) is 2.35. The second-order valence-electron chi connectivity index (χ2n) is 4.05. The monoisotopic (exact) mass is 278 g/mol. The number of anilines is 1. The molecule has 1 unspecified atom stereocenters. The molecule has 2 rings (SSSR count). The minimum absolute atomic E-state index is 0.375. The van der Waals surface area contributed by atoms with Gasteiger partial charge in [-0.05, 0) is 12.1 Å². The van der Waals surface area contributed by atoms with E-state index in [1.807, 2.05) is 30.1 Å². The Morgan fingerprint density at radius 2 is 2.37 bits per heavy atom. The largest absolute Gasteiger partial charge is 0.480 e. The number of aliphatic carboxylic acids is 1. The van der Waals surface area contributed by atoms with Crippen molar-refractivity contribution < 1.29 is 9.90 Å². The minimum atomic E-state index is -1.08. The van der Waals surface area contributed by atoms with Crippen LogP contribution in [0.5, 0.6) is 0 Å². The molecule has 0 aliphatic rings. The molecule has 19 heavy (non-hydrogen) atoms. The predicted octanol–water partition coefficient (Wildman–Crippen LogP) is 1.26. The first-order valence-corrected chi connectivity index (χ1v) is 6.50. The molecule has 0 aromatic carbocycles. The van der Waals surface area contributed by atoms with Crippen molar-refractivity contribution in [2.24, 2.45) is 5.73 Å². The standard InChI is InChI=1S/C12H14N4O2S/c1-16(6-8-4-2-3-5-14-8)12-15-9(7-19-12)10(13)11(17)18/h2-5,7,10H,6,13H2,1H3,(H,17,18). The zero-order chi connectivity index (χ0) is 13.8. The summed E-state index contributed by atoms with van der Waals surface area (Å²) in [5, 5.41) is 11.2. The fraction of sp³-hybridized carbons (Fsp3) is 0.250. The first-order valence-electron chi connectivity index (χ1n) is 5.63. The van der Waals surface area contributed by atoms with Crippen LogP contribution in [0, 0.1) is 0 Å². The highest BCUT2D eigenvalue weighted by Crippen LogP contribution is 2.23. The van der Waals surface area contributed by atoms with Crippen molar-refractivity contribution in [1.29, 1.82) is 0 Å². The molecule has 0 aliphatic carbocycles. The molecule has 0 saturated heterocycles. The Kier molecular flexibility index (Phi) is 4.08. The Morgan fingerprint density at radius 3 is 3.00 bits per heavy atom. The van der Waals surface area contributed by atoms with Crippen molar-refractivity contribution in [3.05, 3.63) is 41.2 Å². The third kappa shape index (κ3) is 3.27. The zero-order valence-corrected chi connectivity index (χ0v) is 11.2. The van der Waals surface area contributed by atoms with Crippen LogP contribution in [-0.2, 0) is 11.3 Å². The van der Waals surface area contributed by atoms with E-state index in [0.29, 0.717) is 12.2 Å². The normalized spacial score (nSPS) is 12.1. The maximum Gasteiger partial charge on any atom is 0.326 e. The molecule has 0 bridgehead atoms. The molecule has 2 aromatic heterocycles. The predicted molar refractivity (Wildman–Crippen MR) is 73.0 cm³/mol. The fourth-order valence-electron chi connectivity index (χ4n) is 1.52. The van der Waals surface area contributed by atoms with Crippen LogP contribution in [0.25, 0.3) is 0 Å². The van der Waals surface area contributed by atoms with Gasteiger partial charge in [0.15, 0.2) is 5.13 Å². The molecule has 100 valence electrons. The molecule has 2 heterocycles. The smallest absolute Gasteiger partial charge is 0.326 e. The van der Waals surface area contributed by atoms with Gasteiger partial charge in [0, 0.05) is 18.6 Å². The molecule has 0 fully saturated rings. The van der Waals surface area contributed by atoms with Gasteiger partial charge < -0.3 is 15.7 Å². The van der Waals surface area contributed by atoms with Gasteiger partial charge in [-0.1, -0.05) is 6.07 Å². The molecule has 7 heteroatoms. The summed E-state index contributed by atoms with van der Waals surface area (Å²) < 4.78 is 0. The molecular formula is C12H14N4O2S. The van der Waals surface area contributed by atoms with Crippen LogP contribution >= 0.6 is 11.3 Å². The van der Waals surface area contributed by atoms with Crippen LogP contribution in [0.4, 0.5) is 5.13 Å². The lowest BCUT2D eigenvalue weighted by atomic mass is 10.2. The molecular weight excluding hydrogens is 264 g/mol. The van der Waals surface area contributed by atoms with Gasteiger partial charge in [-0.15, -0.1) is 11.3 Å². The van der Waals surface area contributed by atoms with E-state index in [1.165, 1.54) is 11.3 Å². The van der Waals surface area contributed by atoms with Gasteiger partial charge in [0.1, 0.15) is 6.04 Å². The molecule has 0 spiro atoms. The number of carboxylic acids is 1. The van der Waals surface area contributed by atoms with Gasteiger partial charge in [-0.3, -0.25) is 9.78 Å². The number of aromatic nitrogens is 2. The first kappa shape index (κ1) is 13.4. The number of hydrogen-bond donors (Lipinski definition) is 2. The summed E-state index contributed by atoms with van der Waals surface area (Å²) >= 11 is 1.37. The van der Waals surface area contributed by atoms with E-state index in [2.05, 4.69) is 9.97 Å². The summed E-state index contributed by atoms with van der Waals surface area (Å²) in [4.78, 5) is 21.2. The zero-order valence-electron chi connectivity index (χ0n) is 10.4. The SMILES string of the molecule is CN(Cc1ccccn1)c1nc(C(N)C(=O)O)cs1. The lowest BCUT2D eigenvalue weighted by Crippen LogP contribution is -2.22. The molecule has 0 saturated carbocycles. The van der Waals surface area contributed by atoms with E-state index in [-0.39, 0.29) is 0 Å². The average molecular weight is 278 g/mol. The Bertz CT molecular complexity index is 558. The van der Waals surface area contributed by atoms with Crippen molar-refractivity contribution in [3.63, 3.8) is 0 Å². The highest BCUT2D eigenvalue weighted by molar-refractivity contribution is 7.13. The number of thiazole rings is 1. The van der Waals surface area contributed by atoms with Gasteiger partial charge in [0.25, 0.3) is 0 Å². The summed E-state index contributed by atoms with van der Waals surface area (Å²) in [7, 11) is 1.88. The van der Waals surface area contributed by atoms with Crippen LogP contribution in [0.1, 0.15) is 17.4 Å². The number of rotatable bonds is 5. The van der Waals surface area contributed by atoms with Gasteiger partial charge in [0.05, 0.1) is 17.9 Å². The third-order valence-electron chi connectivity index (χ3n) is 2.55. The summed E-state index contributed by atoms with van der Waals surface area (Å²) in [5.74, 6) is -1.08. The minimum Gasteiger partial charge on any atom is -0.480 e. The number of nitrogens with zero attached hydrogens (tertiary/aromatic N) is 3. The number of pyridine rings is 1. The van der Waals surface area contributed by atoms with Crippen molar-refractivity contribution in [1.82, 2.24) is 9.97 Å². The number of nitrogens with two attached hydrogens (primary N) is 1. The van der Waals surface area contributed by atoms with Crippen molar-refractivity contribution in [2.45, 2.75) is 12.6 Å². The Balaban J connectivity index is 2.08. The maximum atomic E-state index is 10.8. The summed E-state index contributed by atoms with van der Waals surface area (Å²) in [5.41, 5.74) is 6.81. The van der Waals surface area contributed by atoms with Crippen LogP contribution in [0.15, 0.2) is 29.8 Å². The van der Waals surface area contributed by atoms with Crippen molar-refractivity contribution in [3.8, 4) is 0 Å². The van der Waals surface area contributed by atoms with E-state index in [4.69, 9.17) is 10.8 Å². The highest BCUT2D eigenvalue weighted by Gasteiger charge is 2.18. The molecule has 0 aliphatic heterocycles. The lowest BCUT2D eigenvalue weighted by molar-refractivity contribution is -0.138. The quantitative estimate of drug-likeness (QED) is 0.855. The van der Waals surface area contributed by atoms with Crippen LogP contribution in [-0.4, -0.2) is 28.1 Å². The molecule has 0 radical (unpaired) electrons. The number of carboxylic acid groups (broad SMARTS) is 1. The Morgan fingerprint density at radius 1 is 1.58 bits per heavy atom. The van der Waals surface area contributed by atoms with Crippen LogP contribution in [0.3, 0.4) is 0 Å². The third-order valence-corrected chi connectivity index (χ3v) is 3.52. The lowest BCUT2D eigenvalue weighted by Gasteiger charge is -2.14.